The van der Waals surface area contributed by atoms with Gasteiger partial charge in [0.2, 0.25) is 11.1 Å². The van der Waals surface area contributed by atoms with Crippen LogP contribution in [0.15, 0.2) is 23.4 Å². The largest absolute Gasteiger partial charge is 0.351 e. The van der Waals surface area contributed by atoms with Crippen molar-refractivity contribution in [3.05, 3.63) is 35.1 Å². The lowest BCUT2D eigenvalue weighted by molar-refractivity contribution is -0.118. The summed E-state index contributed by atoms with van der Waals surface area (Å²) in [5.41, 5.74) is 1.32. The van der Waals surface area contributed by atoms with E-state index < -0.39 is 0 Å². The van der Waals surface area contributed by atoms with Crippen molar-refractivity contribution >= 4 is 17.7 Å². The SMILES string of the molecule is Cc1ccc(CNC(=O)CSc2nnnn2CC(C)C)cc1F. The van der Waals surface area contributed by atoms with E-state index in [0.29, 0.717) is 29.7 Å². The number of carbonyl (C=O) groups excluding carboxylic acids is 1. The molecule has 1 amide bonds. The van der Waals surface area contributed by atoms with Crippen molar-refractivity contribution in [3.63, 3.8) is 0 Å². The van der Waals surface area contributed by atoms with Gasteiger partial charge < -0.3 is 5.32 Å². The summed E-state index contributed by atoms with van der Waals surface area (Å²) in [5.74, 6) is 0.226. The standard InChI is InChI=1S/C15H20FN5OS/c1-10(2)8-21-15(18-19-20-21)23-9-14(22)17-7-12-5-4-11(3)13(16)6-12/h4-6,10H,7-9H2,1-3H3,(H,17,22). The van der Waals surface area contributed by atoms with Gasteiger partial charge in [-0.3, -0.25) is 4.79 Å². The number of aryl methyl sites for hydroxylation is 1. The van der Waals surface area contributed by atoms with Gasteiger partial charge in [-0.15, -0.1) is 5.10 Å². The lowest BCUT2D eigenvalue weighted by atomic mass is 10.1. The number of aromatic nitrogens is 4. The molecule has 124 valence electrons. The highest BCUT2D eigenvalue weighted by Crippen LogP contribution is 2.14. The number of halogens is 1. The topological polar surface area (TPSA) is 72.7 Å². The Bertz CT molecular complexity index is 674. The number of carbonyl (C=O) groups is 1. The molecule has 0 saturated carbocycles. The molecule has 1 aromatic carbocycles. The quantitative estimate of drug-likeness (QED) is 0.784. The number of thioether (sulfide) groups is 1. The van der Waals surface area contributed by atoms with Crippen molar-refractivity contribution < 1.29 is 9.18 Å². The van der Waals surface area contributed by atoms with Crippen LogP contribution in [0.2, 0.25) is 0 Å². The molecule has 1 N–H and O–H groups in total. The second kappa shape index (κ2) is 8.05. The highest BCUT2D eigenvalue weighted by Gasteiger charge is 2.11. The molecule has 8 heteroatoms. The molecule has 1 heterocycles. The van der Waals surface area contributed by atoms with Crippen LogP contribution in [0.1, 0.15) is 25.0 Å². The van der Waals surface area contributed by atoms with E-state index in [9.17, 15) is 9.18 Å². The number of amides is 1. The zero-order valence-corrected chi connectivity index (χ0v) is 14.2. The fraction of sp³-hybridized carbons (Fsp3) is 0.467. The Morgan fingerprint density at radius 1 is 1.43 bits per heavy atom. The molecule has 0 unspecified atom stereocenters. The summed E-state index contributed by atoms with van der Waals surface area (Å²) in [6.07, 6.45) is 0. The average molecular weight is 337 g/mol. The van der Waals surface area contributed by atoms with Gasteiger partial charge >= 0.3 is 0 Å². The van der Waals surface area contributed by atoms with Crippen LogP contribution >= 0.6 is 11.8 Å². The third kappa shape index (κ3) is 5.31. The van der Waals surface area contributed by atoms with Crippen LogP contribution in [0.25, 0.3) is 0 Å². The van der Waals surface area contributed by atoms with Crippen LogP contribution in [-0.2, 0) is 17.9 Å². The molecule has 0 aliphatic carbocycles. The molecule has 0 aliphatic heterocycles. The second-order valence-corrected chi connectivity index (χ2v) is 6.63. The van der Waals surface area contributed by atoms with Crippen LogP contribution in [0, 0.1) is 18.7 Å². The molecular weight excluding hydrogens is 317 g/mol. The maximum absolute atomic E-state index is 13.4. The van der Waals surface area contributed by atoms with E-state index in [0.717, 1.165) is 5.56 Å². The van der Waals surface area contributed by atoms with Gasteiger partial charge in [0.25, 0.3) is 0 Å². The molecule has 1 aromatic heterocycles. The monoisotopic (exact) mass is 337 g/mol. The molecule has 0 fully saturated rings. The summed E-state index contributed by atoms with van der Waals surface area (Å²) in [6.45, 7) is 6.86. The van der Waals surface area contributed by atoms with Crippen molar-refractivity contribution in [2.75, 3.05) is 5.75 Å². The Hall–Kier alpha value is -1.96. The maximum atomic E-state index is 13.4. The lowest BCUT2D eigenvalue weighted by Crippen LogP contribution is -2.25. The van der Waals surface area contributed by atoms with Gasteiger partial charge in [-0.1, -0.05) is 37.7 Å². The Morgan fingerprint density at radius 2 is 2.22 bits per heavy atom. The van der Waals surface area contributed by atoms with Crippen molar-refractivity contribution in [2.24, 2.45) is 5.92 Å². The van der Waals surface area contributed by atoms with Crippen LogP contribution in [-0.4, -0.2) is 31.9 Å². The number of hydrogen-bond acceptors (Lipinski definition) is 5. The highest BCUT2D eigenvalue weighted by atomic mass is 32.2. The van der Waals surface area contributed by atoms with Gasteiger partial charge in [0, 0.05) is 13.1 Å². The first-order chi connectivity index (χ1) is 11.0. The predicted octanol–water partition coefficient (Wildman–Crippen LogP) is 2.19. The summed E-state index contributed by atoms with van der Waals surface area (Å²) in [5, 5.41) is 14.8. The maximum Gasteiger partial charge on any atom is 0.230 e. The van der Waals surface area contributed by atoms with E-state index in [4.69, 9.17) is 0 Å². The van der Waals surface area contributed by atoms with Crippen molar-refractivity contribution in [1.82, 2.24) is 25.5 Å². The summed E-state index contributed by atoms with van der Waals surface area (Å²) < 4.78 is 15.1. The minimum absolute atomic E-state index is 0.143. The van der Waals surface area contributed by atoms with Crippen molar-refractivity contribution in [1.29, 1.82) is 0 Å². The number of tetrazole rings is 1. The van der Waals surface area contributed by atoms with E-state index in [1.165, 1.54) is 17.8 Å². The third-order valence-electron chi connectivity index (χ3n) is 3.10. The molecule has 6 nitrogen and oxygen atoms in total. The molecule has 0 spiro atoms. The van der Waals surface area contributed by atoms with E-state index in [1.54, 1.807) is 23.7 Å². The van der Waals surface area contributed by atoms with Gasteiger partial charge in [0.05, 0.1) is 5.75 Å². The lowest BCUT2D eigenvalue weighted by Gasteiger charge is -2.08. The van der Waals surface area contributed by atoms with Gasteiger partial charge in [0.1, 0.15) is 5.82 Å². The van der Waals surface area contributed by atoms with Crippen molar-refractivity contribution in [3.8, 4) is 0 Å². The fourth-order valence-corrected chi connectivity index (χ4v) is 2.60. The van der Waals surface area contributed by atoms with Gasteiger partial charge in [0.15, 0.2) is 0 Å². The fourth-order valence-electron chi connectivity index (χ4n) is 1.89. The Balaban J connectivity index is 1.81. The first-order valence-electron chi connectivity index (χ1n) is 7.36. The zero-order chi connectivity index (χ0) is 16.8. The zero-order valence-electron chi connectivity index (χ0n) is 13.4. The van der Waals surface area contributed by atoms with E-state index in [-0.39, 0.29) is 17.5 Å². The minimum atomic E-state index is -0.265. The molecule has 0 aliphatic rings. The first-order valence-corrected chi connectivity index (χ1v) is 8.35. The predicted molar refractivity (Wildman–Crippen MR) is 86.4 cm³/mol. The molecule has 2 aromatic rings. The molecule has 0 saturated heterocycles. The summed E-state index contributed by atoms with van der Waals surface area (Å²) in [7, 11) is 0. The Morgan fingerprint density at radius 3 is 2.91 bits per heavy atom. The highest BCUT2D eigenvalue weighted by molar-refractivity contribution is 7.99. The first kappa shape index (κ1) is 17.4. The van der Waals surface area contributed by atoms with Gasteiger partial charge in [-0.25, -0.2) is 9.07 Å². The van der Waals surface area contributed by atoms with Crippen LogP contribution < -0.4 is 5.32 Å². The summed E-state index contributed by atoms with van der Waals surface area (Å²) in [6, 6.07) is 4.94. The number of benzene rings is 1. The number of nitrogens with one attached hydrogen (secondary N) is 1. The van der Waals surface area contributed by atoms with E-state index >= 15 is 0 Å². The average Bonchev–Trinajstić information content (AvgIpc) is 2.92. The minimum Gasteiger partial charge on any atom is -0.351 e. The number of hydrogen-bond donors (Lipinski definition) is 1. The Labute approximate surface area is 138 Å². The van der Waals surface area contributed by atoms with Gasteiger partial charge in [-0.2, -0.15) is 0 Å². The second-order valence-electron chi connectivity index (χ2n) is 5.69. The molecule has 0 radical (unpaired) electrons. The normalized spacial score (nSPS) is 11.0. The number of rotatable bonds is 7. The third-order valence-corrected chi connectivity index (χ3v) is 4.05. The molecule has 23 heavy (non-hydrogen) atoms. The van der Waals surface area contributed by atoms with E-state index in [2.05, 4.69) is 34.7 Å². The summed E-state index contributed by atoms with van der Waals surface area (Å²) >= 11 is 1.29. The van der Waals surface area contributed by atoms with Crippen LogP contribution in [0.3, 0.4) is 0 Å². The number of nitrogens with zero attached hydrogens (tertiary/aromatic N) is 4. The molecule has 0 atom stereocenters. The van der Waals surface area contributed by atoms with Gasteiger partial charge in [-0.05, 0) is 40.5 Å². The van der Waals surface area contributed by atoms with E-state index in [1.807, 2.05) is 0 Å². The summed E-state index contributed by atoms with van der Waals surface area (Å²) in [4.78, 5) is 11.9. The smallest absolute Gasteiger partial charge is 0.230 e. The molecular formula is C15H20FN5OS. The van der Waals surface area contributed by atoms with Crippen LogP contribution in [0.5, 0.6) is 0 Å². The molecule has 0 bridgehead atoms. The van der Waals surface area contributed by atoms with Crippen molar-refractivity contribution in [2.45, 2.75) is 39.0 Å². The molecule has 2 rings (SSSR count). The van der Waals surface area contributed by atoms with Crippen LogP contribution in [0.4, 0.5) is 4.39 Å². The Kier molecular flexibility index (Phi) is 6.09.